The number of carboxylic acid groups (broad SMARTS) is 1. The zero-order valence-corrected chi connectivity index (χ0v) is 19.0. The lowest BCUT2D eigenvalue weighted by Gasteiger charge is -2.28. The number of likely N-dealkylation sites (tertiary alicyclic amines) is 1. The molecule has 0 aliphatic carbocycles. The molecular weight excluding hydrogens is 450 g/mol. The Bertz CT molecular complexity index is 1300. The van der Waals surface area contributed by atoms with Gasteiger partial charge in [-0.25, -0.2) is 15.0 Å². The molecule has 2 N–H and O–H groups in total. The number of ether oxygens (including phenoxy) is 1. The van der Waals surface area contributed by atoms with Crippen molar-refractivity contribution in [3.05, 3.63) is 54.0 Å². The van der Waals surface area contributed by atoms with Gasteiger partial charge in [0.2, 0.25) is 11.8 Å². The number of anilines is 1. The van der Waals surface area contributed by atoms with E-state index in [1.807, 2.05) is 24.3 Å². The number of hydrogen-bond donors (Lipinski definition) is 2. The molecule has 1 saturated heterocycles. The van der Waals surface area contributed by atoms with E-state index in [9.17, 15) is 19.5 Å². The highest BCUT2D eigenvalue weighted by atomic mass is 16.5. The molecule has 5 rings (SSSR count). The fourth-order valence-electron chi connectivity index (χ4n) is 4.75. The molecule has 35 heavy (non-hydrogen) atoms. The van der Waals surface area contributed by atoms with Gasteiger partial charge in [0.05, 0.1) is 12.5 Å². The summed E-state index contributed by atoms with van der Waals surface area (Å²) in [5, 5.41) is 13.2. The molecule has 0 aromatic carbocycles. The van der Waals surface area contributed by atoms with Gasteiger partial charge in [-0.1, -0.05) is 0 Å². The molecule has 2 unspecified atom stereocenters. The van der Waals surface area contributed by atoms with Crippen LogP contribution in [0.4, 0.5) is 5.69 Å². The maximum atomic E-state index is 13.3. The third-order valence-electron chi connectivity index (χ3n) is 6.47. The topological polar surface area (TPSA) is 135 Å². The largest absolute Gasteiger partial charge is 0.481 e. The summed E-state index contributed by atoms with van der Waals surface area (Å²) in [5.74, 6) is -1.26. The van der Waals surface area contributed by atoms with Crippen molar-refractivity contribution in [2.24, 2.45) is 5.92 Å². The molecule has 2 aliphatic heterocycles. The Hall–Kier alpha value is -4.08. The quantitative estimate of drug-likeness (QED) is 0.508. The monoisotopic (exact) mass is 475 g/mol. The molecule has 2 atom stereocenters. The summed E-state index contributed by atoms with van der Waals surface area (Å²) in [6.45, 7) is 0.356. The molecule has 3 aromatic heterocycles. The molecule has 0 radical (unpaired) electrons. The van der Waals surface area contributed by atoms with Crippen LogP contribution in [0.15, 0.2) is 42.7 Å². The van der Waals surface area contributed by atoms with E-state index in [-0.39, 0.29) is 36.6 Å². The Balaban J connectivity index is 1.25. The van der Waals surface area contributed by atoms with Crippen LogP contribution in [0.1, 0.15) is 43.0 Å². The average Bonchev–Trinajstić information content (AvgIpc) is 3.21. The van der Waals surface area contributed by atoms with Crippen LogP contribution in [0, 0.1) is 5.92 Å². The first-order valence-corrected chi connectivity index (χ1v) is 11.6. The van der Waals surface area contributed by atoms with Gasteiger partial charge in [0, 0.05) is 35.9 Å². The lowest BCUT2D eigenvalue weighted by atomic mass is 9.99. The highest BCUT2D eigenvalue weighted by Gasteiger charge is 2.37. The van der Waals surface area contributed by atoms with Gasteiger partial charge in [0.15, 0.2) is 12.3 Å². The number of hydrogen-bond acceptors (Lipinski definition) is 7. The molecular formula is C25H25N5O5. The van der Waals surface area contributed by atoms with Crippen molar-refractivity contribution in [1.29, 1.82) is 0 Å². The minimum atomic E-state index is -1.01. The normalized spacial score (nSPS) is 18.2. The van der Waals surface area contributed by atoms with Crippen molar-refractivity contribution < 1.29 is 24.2 Å². The molecule has 180 valence electrons. The summed E-state index contributed by atoms with van der Waals surface area (Å²) in [5.41, 5.74) is 2.59. The van der Waals surface area contributed by atoms with E-state index in [0.29, 0.717) is 36.3 Å². The SMILES string of the molecule is O=C(O)CC(c1cnc2c(c1)NC(=O)CO2)N1CCC(CCCc2ccc3cccnc3n2)C1=O. The van der Waals surface area contributed by atoms with E-state index in [0.717, 1.165) is 23.9 Å². The third-order valence-corrected chi connectivity index (χ3v) is 6.47. The fourth-order valence-corrected chi connectivity index (χ4v) is 4.75. The third kappa shape index (κ3) is 4.91. The van der Waals surface area contributed by atoms with Crippen LogP contribution in [-0.4, -0.2) is 55.9 Å². The first kappa shape index (κ1) is 22.7. The summed E-state index contributed by atoms with van der Waals surface area (Å²) in [7, 11) is 0. The molecule has 0 saturated carbocycles. The number of aliphatic carboxylic acids is 1. The predicted molar refractivity (Wildman–Crippen MR) is 126 cm³/mol. The van der Waals surface area contributed by atoms with Crippen LogP contribution >= 0.6 is 0 Å². The van der Waals surface area contributed by atoms with Crippen molar-refractivity contribution in [1.82, 2.24) is 19.9 Å². The van der Waals surface area contributed by atoms with Gasteiger partial charge in [-0.05, 0) is 61.6 Å². The van der Waals surface area contributed by atoms with Crippen LogP contribution in [0.5, 0.6) is 5.88 Å². The van der Waals surface area contributed by atoms with Crippen LogP contribution < -0.4 is 10.1 Å². The number of aromatic nitrogens is 3. The first-order chi connectivity index (χ1) is 17.0. The van der Waals surface area contributed by atoms with Crippen molar-refractivity contribution in [2.45, 2.75) is 38.1 Å². The molecule has 5 heterocycles. The van der Waals surface area contributed by atoms with Crippen LogP contribution in [0.25, 0.3) is 11.0 Å². The van der Waals surface area contributed by atoms with Crippen molar-refractivity contribution in [2.75, 3.05) is 18.5 Å². The minimum absolute atomic E-state index is 0.0533. The first-order valence-electron chi connectivity index (χ1n) is 11.6. The van der Waals surface area contributed by atoms with Crippen LogP contribution in [0.2, 0.25) is 0 Å². The van der Waals surface area contributed by atoms with E-state index < -0.39 is 12.0 Å². The predicted octanol–water partition coefficient (Wildman–Crippen LogP) is 2.74. The summed E-state index contributed by atoms with van der Waals surface area (Å²) < 4.78 is 5.29. The number of amides is 2. The average molecular weight is 476 g/mol. The van der Waals surface area contributed by atoms with Crippen LogP contribution in [-0.2, 0) is 20.8 Å². The summed E-state index contributed by atoms with van der Waals surface area (Å²) in [6.07, 6.45) is 5.89. The molecule has 10 heteroatoms. The molecule has 0 spiro atoms. The number of pyridine rings is 3. The van der Waals surface area contributed by atoms with E-state index in [1.165, 1.54) is 6.20 Å². The van der Waals surface area contributed by atoms with Crippen molar-refractivity contribution in [3.63, 3.8) is 0 Å². The number of nitrogens with one attached hydrogen (secondary N) is 1. The number of fused-ring (bicyclic) bond motifs is 2. The van der Waals surface area contributed by atoms with Gasteiger partial charge in [-0.3, -0.25) is 14.4 Å². The number of carbonyl (C=O) groups excluding carboxylic acids is 2. The molecule has 2 amide bonds. The second-order valence-corrected chi connectivity index (χ2v) is 8.83. The van der Waals surface area contributed by atoms with Gasteiger partial charge < -0.3 is 20.1 Å². The van der Waals surface area contributed by atoms with Crippen molar-refractivity contribution in [3.8, 4) is 5.88 Å². The highest BCUT2D eigenvalue weighted by molar-refractivity contribution is 5.95. The maximum Gasteiger partial charge on any atom is 0.305 e. The van der Waals surface area contributed by atoms with Gasteiger partial charge in [-0.2, -0.15) is 0 Å². The van der Waals surface area contributed by atoms with E-state index in [2.05, 4.69) is 20.3 Å². The molecule has 2 aliphatic rings. The van der Waals surface area contributed by atoms with E-state index in [4.69, 9.17) is 4.74 Å². The van der Waals surface area contributed by atoms with Gasteiger partial charge in [0.25, 0.3) is 5.91 Å². The number of aryl methyl sites for hydroxylation is 1. The summed E-state index contributed by atoms with van der Waals surface area (Å²) >= 11 is 0. The smallest absolute Gasteiger partial charge is 0.305 e. The molecule has 3 aromatic rings. The summed E-state index contributed by atoms with van der Waals surface area (Å²) in [6, 6.07) is 8.81. The fraction of sp³-hybridized carbons (Fsp3) is 0.360. The lowest BCUT2D eigenvalue weighted by Crippen LogP contribution is -2.34. The van der Waals surface area contributed by atoms with Crippen LogP contribution in [0.3, 0.4) is 0 Å². The maximum absolute atomic E-state index is 13.3. The standard InChI is InChI=1S/C25H25N5O5/c31-21-14-35-24-19(29-21)11-17(13-27-24)20(12-22(32)33)30-10-8-16(25(30)34)3-1-5-18-7-6-15-4-2-9-26-23(15)28-18/h2,4,6-7,9,11,13,16,20H,1,3,5,8,10,12,14H2,(H,29,31)(H,32,33). The Morgan fingerprint density at radius 2 is 2.14 bits per heavy atom. The van der Waals surface area contributed by atoms with Gasteiger partial charge >= 0.3 is 5.97 Å². The Labute approximate surface area is 201 Å². The second-order valence-electron chi connectivity index (χ2n) is 8.83. The van der Waals surface area contributed by atoms with Crippen molar-refractivity contribution >= 4 is 34.5 Å². The number of rotatable bonds is 8. The number of carbonyl (C=O) groups is 3. The molecule has 10 nitrogen and oxygen atoms in total. The molecule has 1 fully saturated rings. The van der Waals surface area contributed by atoms with E-state index >= 15 is 0 Å². The highest BCUT2D eigenvalue weighted by Crippen LogP contribution is 2.36. The van der Waals surface area contributed by atoms with Gasteiger partial charge in [-0.15, -0.1) is 0 Å². The van der Waals surface area contributed by atoms with Gasteiger partial charge in [0.1, 0.15) is 5.69 Å². The Kier molecular flexibility index (Phi) is 6.26. The Morgan fingerprint density at radius 1 is 1.26 bits per heavy atom. The zero-order valence-electron chi connectivity index (χ0n) is 19.0. The summed E-state index contributed by atoms with van der Waals surface area (Å²) in [4.78, 5) is 51.3. The minimum Gasteiger partial charge on any atom is -0.481 e. The van der Waals surface area contributed by atoms with E-state index in [1.54, 1.807) is 17.2 Å². The lowest BCUT2D eigenvalue weighted by molar-refractivity contribution is -0.140. The number of nitrogens with zero attached hydrogens (tertiary/aromatic N) is 4. The molecule has 0 bridgehead atoms. The Morgan fingerprint density at radius 3 is 3.00 bits per heavy atom. The number of carboxylic acids is 1. The second kappa shape index (κ2) is 9.65. The zero-order chi connectivity index (χ0) is 24.4.